The minimum Gasteiger partial charge on any atom is -0.481 e. The molecule has 120 valence electrons. The maximum atomic E-state index is 11.9. The molecule has 0 aromatic heterocycles. The van der Waals surface area contributed by atoms with Crippen LogP contribution in [0.2, 0.25) is 0 Å². The molecule has 0 saturated carbocycles. The van der Waals surface area contributed by atoms with Crippen molar-refractivity contribution in [3.05, 3.63) is 29.8 Å². The van der Waals surface area contributed by atoms with Gasteiger partial charge in [0.2, 0.25) is 5.91 Å². The Morgan fingerprint density at radius 1 is 1.23 bits per heavy atom. The predicted molar refractivity (Wildman–Crippen MR) is 87.2 cm³/mol. The van der Waals surface area contributed by atoms with Gasteiger partial charge in [0.1, 0.15) is 0 Å². The van der Waals surface area contributed by atoms with Crippen molar-refractivity contribution in [2.45, 2.75) is 13.3 Å². The van der Waals surface area contributed by atoms with E-state index in [2.05, 4.69) is 10.6 Å². The molecule has 0 fully saturated rings. The van der Waals surface area contributed by atoms with E-state index >= 15 is 0 Å². The Morgan fingerprint density at radius 2 is 1.86 bits per heavy atom. The van der Waals surface area contributed by atoms with Crippen LogP contribution in [0.15, 0.2) is 24.3 Å². The first-order valence-corrected chi connectivity index (χ1v) is 8.23. The molecule has 1 unspecified atom stereocenters. The lowest BCUT2D eigenvalue weighted by molar-refractivity contribution is -0.136. The molecule has 0 radical (unpaired) electrons. The fourth-order valence-corrected chi connectivity index (χ4v) is 2.33. The van der Waals surface area contributed by atoms with E-state index < -0.39 is 5.97 Å². The normalized spacial score (nSPS) is 11.5. The Hall–Kier alpha value is -2.02. The van der Waals surface area contributed by atoms with E-state index in [-0.39, 0.29) is 30.7 Å². The van der Waals surface area contributed by atoms with Crippen LogP contribution in [0, 0.1) is 5.92 Å². The molecule has 1 aromatic rings. The summed E-state index contributed by atoms with van der Waals surface area (Å²) in [6, 6.07) is 6.47. The van der Waals surface area contributed by atoms with Crippen LogP contribution >= 0.6 is 11.8 Å². The molecule has 1 atom stereocenters. The third-order valence-corrected chi connectivity index (χ3v) is 3.74. The molecule has 0 spiro atoms. The highest BCUT2D eigenvalue weighted by molar-refractivity contribution is 7.98. The summed E-state index contributed by atoms with van der Waals surface area (Å²) in [5.41, 5.74) is 1.04. The van der Waals surface area contributed by atoms with E-state index in [0.717, 1.165) is 5.75 Å². The first kappa shape index (κ1) is 18.0. The van der Waals surface area contributed by atoms with Gasteiger partial charge in [0.25, 0.3) is 5.91 Å². The standard InChI is InChI=1S/C15H20N2O4S/c1-10(9-22-2)14(20)17-12-5-3-11(4-6-12)15(21)16-8-7-13(18)19/h3-6,10H,7-9H2,1-2H3,(H,16,21)(H,17,20)(H,18,19). The van der Waals surface area contributed by atoms with Gasteiger partial charge in [0.05, 0.1) is 6.42 Å². The van der Waals surface area contributed by atoms with Crippen LogP contribution in [0.4, 0.5) is 5.69 Å². The molecule has 0 aliphatic rings. The lowest BCUT2D eigenvalue weighted by Crippen LogP contribution is -2.26. The number of carboxylic acids is 1. The summed E-state index contributed by atoms with van der Waals surface area (Å²) in [6.07, 6.45) is 1.83. The number of hydrogen-bond acceptors (Lipinski definition) is 4. The maximum Gasteiger partial charge on any atom is 0.305 e. The van der Waals surface area contributed by atoms with Crippen molar-refractivity contribution in [2.75, 3.05) is 23.9 Å². The zero-order valence-corrected chi connectivity index (χ0v) is 13.4. The van der Waals surface area contributed by atoms with Gasteiger partial charge >= 0.3 is 5.97 Å². The summed E-state index contributed by atoms with van der Waals surface area (Å²) in [5, 5.41) is 13.8. The number of aliphatic carboxylic acids is 1. The SMILES string of the molecule is CSCC(C)C(=O)Nc1ccc(C(=O)NCCC(=O)O)cc1. The molecule has 1 aromatic carbocycles. The van der Waals surface area contributed by atoms with Crippen molar-refractivity contribution < 1.29 is 19.5 Å². The van der Waals surface area contributed by atoms with Crippen molar-refractivity contribution in [3.8, 4) is 0 Å². The second-order valence-electron chi connectivity index (χ2n) is 4.82. The Bertz CT molecular complexity index is 531. The minimum absolute atomic E-state index is 0.0620. The van der Waals surface area contributed by atoms with Gasteiger partial charge in [-0.15, -0.1) is 0 Å². The van der Waals surface area contributed by atoms with Crippen LogP contribution in [-0.4, -0.2) is 41.4 Å². The molecule has 6 nitrogen and oxygen atoms in total. The molecule has 0 heterocycles. The summed E-state index contributed by atoms with van der Waals surface area (Å²) in [5.74, 6) is -0.704. The van der Waals surface area contributed by atoms with Crippen LogP contribution in [0.25, 0.3) is 0 Å². The largest absolute Gasteiger partial charge is 0.481 e. The molecule has 22 heavy (non-hydrogen) atoms. The molecule has 0 aliphatic heterocycles. The predicted octanol–water partition coefficient (Wildman–Crippen LogP) is 1.83. The van der Waals surface area contributed by atoms with Crippen LogP contribution in [0.3, 0.4) is 0 Å². The van der Waals surface area contributed by atoms with Crippen molar-refractivity contribution in [1.82, 2.24) is 5.32 Å². The number of carbonyl (C=O) groups is 3. The lowest BCUT2D eigenvalue weighted by Gasteiger charge is -2.11. The summed E-state index contributed by atoms with van der Waals surface area (Å²) in [6.45, 7) is 1.94. The zero-order chi connectivity index (χ0) is 16.5. The fourth-order valence-electron chi connectivity index (χ4n) is 1.68. The smallest absolute Gasteiger partial charge is 0.305 e. The van der Waals surface area contributed by atoms with Gasteiger partial charge in [-0.3, -0.25) is 14.4 Å². The van der Waals surface area contributed by atoms with Crippen molar-refractivity contribution in [2.24, 2.45) is 5.92 Å². The van der Waals surface area contributed by atoms with Gasteiger partial charge < -0.3 is 15.7 Å². The maximum absolute atomic E-state index is 11.9. The van der Waals surface area contributed by atoms with E-state index in [1.807, 2.05) is 13.2 Å². The van der Waals surface area contributed by atoms with Crippen molar-refractivity contribution >= 4 is 35.2 Å². The second kappa shape index (κ2) is 9.09. The zero-order valence-electron chi connectivity index (χ0n) is 12.6. The number of nitrogens with one attached hydrogen (secondary N) is 2. The molecular weight excluding hydrogens is 304 g/mol. The average molecular weight is 324 g/mol. The highest BCUT2D eigenvalue weighted by atomic mass is 32.2. The summed E-state index contributed by atoms with van der Waals surface area (Å²) in [7, 11) is 0. The molecule has 3 N–H and O–H groups in total. The molecule has 1 rings (SSSR count). The molecule has 0 saturated heterocycles. The van der Waals surface area contributed by atoms with Crippen molar-refractivity contribution in [1.29, 1.82) is 0 Å². The van der Waals surface area contributed by atoms with Crippen LogP contribution in [0.1, 0.15) is 23.7 Å². The summed E-state index contributed by atoms with van der Waals surface area (Å²) < 4.78 is 0. The van der Waals surface area contributed by atoms with Gasteiger partial charge in [-0.2, -0.15) is 11.8 Å². The van der Waals surface area contributed by atoms with Gasteiger partial charge in [-0.05, 0) is 30.5 Å². The number of amides is 2. The van der Waals surface area contributed by atoms with Gasteiger partial charge in [-0.25, -0.2) is 0 Å². The average Bonchev–Trinajstić information content (AvgIpc) is 2.47. The highest BCUT2D eigenvalue weighted by Crippen LogP contribution is 2.12. The first-order chi connectivity index (χ1) is 10.4. The number of carbonyl (C=O) groups excluding carboxylic acids is 2. The number of rotatable bonds is 8. The van der Waals surface area contributed by atoms with Gasteiger partial charge in [0, 0.05) is 29.5 Å². The number of carboxylic acid groups (broad SMARTS) is 1. The molecular formula is C15H20N2O4S. The number of benzene rings is 1. The third kappa shape index (κ3) is 6.17. The topological polar surface area (TPSA) is 95.5 Å². The van der Waals surface area contributed by atoms with E-state index in [1.54, 1.807) is 36.0 Å². The van der Waals surface area contributed by atoms with Crippen LogP contribution in [0.5, 0.6) is 0 Å². The molecule has 7 heteroatoms. The molecule has 0 aliphatic carbocycles. The van der Waals surface area contributed by atoms with E-state index in [9.17, 15) is 14.4 Å². The summed E-state index contributed by atoms with van der Waals surface area (Å²) >= 11 is 1.61. The van der Waals surface area contributed by atoms with Crippen LogP contribution < -0.4 is 10.6 Å². The third-order valence-electron chi connectivity index (χ3n) is 2.90. The molecule has 0 bridgehead atoms. The van der Waals surface area contributed by atoms with E-state index in [4.69, 9.17) is 5.11 Å². The number of thioether (sulfide) groups is 1. The van der Waals surface area contributed by atoms with E-state index in [0.29, 0.717) is 11.3 Å². The highest BCUT2D eigenvalue weighted by Gasteiger charge is 2.12. The summed E-state index contributed by atoms with van der Waals surface area (Å²) in [4.78, 5) is 34.0. The number of anilines is 1. The Labute approximate surface area is 133 Å². The van der Waals surface area contributed by atoms with Crippen molar-refractivity contribution in [3.63, 3.8) is 0 Å². The second-order valence-corrected chi connectivity index (χ2v) is 5.73. The monoisotopic (exact) mass is 324 g/mol. The molecule has 2 amide bonds. The van der Waals surface area contributed by atoms with E-state index in [1.165, 1.54) is 0 Å². The first-order valence-electron chi connectivity index (χ1n) is 6.84. The minimum atomic E-state index is -0.960. The number of hydrogen-bond donors (Lipinski definition) is 3. The quantitative estimate of drug-likeness (QED) is 0.678. The Morgan fingerprint density at radius 3 is 2.41 bits per heavy atom. The Kier molecular flexibility index (Phi) is 7.45. The Balaban J connectivity index is 2.53. The fraction of sp³-hybridized carbons (Fsp3) is 0.400. The van der Waals surface area contributed by atoms with Gasteiger partial charge in [0.15, 0.2) is 0 Å². The lowest BCUT2D eigenvalue weighted by atomic mass is 10.1. The van der Waals surface area contributed by atoms with Gasteiger partial charge in [-0.1, -0.05) is 6.92 Å². The van der Waals surface area contributed by atoms with Crippen LogP contribution in [-0.2, 0) is 9.59 Å².